The van der Waals surface area contributed by atoms with Crippen LogP contribution in [-0.2, 0) is 17.0 Å². The lowest BCUT2D eigenvalue weighted by molar-refractivity contribution is 0.183. The first-order chi connectivity index (χ1) is 14.2. The largest absolute Gasteiger partial charge is 0.383 e. The Hall–Kier alpha value is -2.68. The molecule has 2 aromatic heterocycles. The van der Waals surface area contributed by atoms with Crippen molar-refractivity contribution in [3.63, 3.8) is 0 Å². The highest BCUT2D eigenvalue weighted by molar-refractivity contribution is 7.98. The molecular weight excluding hydrogens is 412 g/mol. The molecule has 0 fully saturated rings. The van der Waals surface area contributed by atoms with Crippen LogP contribution in [0.4, 0.5) is 0 Å². The minimum atomic E-state index is -0.137. The van der Waals surface area contributed by atoms with Gasteiger partial charge in [-0.1, -0.05) is 58.9 Å². The monoisotopic (exact) mass is 428 g/mol. The van der Waals surface area contributed by atoms with Crippen LogP contribution in [0.5, 0.6) is 0 Å². The second-order valence-electron chi connectivity index (χ2n) is 6.17. The van der Waals surface area contributed by atoms with Gasteiger partial charge in [-0.3, -0.25) is 9.36 Å². The number of ether oxygens (including phenoxy) is 1. The molecule has 0 atom stereocenters. The molecule has 7 nitrogen and oxygen atoms in total. The van der Waals surface area contributed by atoms with Crippen molar-refractivity contribution >= 4 is 34.3 Å². The molecule has 29 heavy (non-hydrogen) atoms. The normalized spacial score (nSPS) is 11.2. The van der Waals surface area contributed by atoms with Gasteiger partial charge < -0.3 is 9.26 Å². The molecule has 0 unspecified atom stereocenters. The third-order valence-corrected chi connectivity index (χ3v) is 5.42. The van der Waals surface area contributed by atoms with Crippen molar-refractivity contribution in [3.05, 3.63) is 69.8 Å². The molecule has 0 radical (unpaired) electrons. The van der Waals surface area contributed by atoms with E-state index in [2.05, 4.69) is 15.1 Å². The van der Waals surface area contributed by atoms with E-state index in [0.717, 1.165) is 5.56 Å². The van der Waals surface area contributed by atoms with Crippen LogP contribution in [-0.4, -0.2) is 33.4 Å². The molecule has 9 heteroatoms. The van der Waals surface area contributed by atoms with Crippen molar-refractivity contribution in [1.82, 2.24) is 19.7 Å². The standard InChI is InChI=1S/C20H17ClN4O3S/c1-27-10-9-25-19(26)15-8-7-14(21)11-16(15)22-20(25)29-12-17-23-18(24-28-17)13-5-3-2-4-6-13/h2-8,11H,9-10,12H2,1H3. The first kappa shape index (κ1) is 19.6. The molecule has 0 amide bonds. The number of methoxy groups -OCH3 is 1. The van der Waals surface area contributed by atoms with Crippen LogP contribution in [0.1, 0.15) is 5.89 Å². The number of hydrogen-bond donors (Lipinski definition) is 0. The van der Waals surface area contributed by atoms with E-state index in [0.29, 0.717) is 51.7 Å². The van der Waals surface area contributed by atoms with Crippen LogP contribution in [0.2, 0.25) is 5.02 Å². The molecule has 2 heterocycles. The van der Waals surface area contributed by atoms with Crippen LogP contribution in [0.3, 0.4) is 0 Å². The van der Waals surface area contributed by atoms with Gasteiger partial charge in [0.05, 0.1) is 29.8 Å². The Bertz CT molecular complexity index is 1190. The second-order valence-corrected chi connectivity index (χ2v) is 7.55. The second kappa shape index (κ2) is 8.77. The molecule has 0 spiro atoms. The van der Waals surface area contributed by atoms with E-state index in [9.17, 15) is 4.79 Å². The lowest BCUT2D eigenvalue weighted by Crippen LogP contribution is -2.25. The summed E-state index contributed by atoms with van der Waals surface area (Å²) in [6, 6.07) is 14.6. The van der Waals surface area contributed by atoms with Gasteiger partial charge in [-0.05, 0) is 18.2 Å². The molecule has 4 aromatic rings. The van der Waals surface area contributed by atoms with Crippen molar-refractivity contribution in [2.24, 2.45) is 0 Å². The predicted octanol–water partition coefficient (Wildman–Crippen LogP) is 4.04. The van der Waals surface area contributed by atoms with Crippen LogP contribution < -0.4 is 5.56 Å². The third kappa shape index (κ3) is 4.34. The van der Waals surface area contributed by atoms with E-state index in [-0.39, 0.29) is 5.56 Å². The van der Waals surface area contributed by atoms with Gasteiger partial charge in [-0.2, -0.15) is 4.98 Å². The molecule has 4 rings (SSSR count). The highest BCUT2D eigenvalue weighted by atomic mass is 35.5. The van der Waals surface area contributed by atoms with Crippen molar-refractivity contribution < 1.29 is 9.26 Å². The Balaban J connectivity index is 1.63. The van der Waals surface area contributed by atoms with Gasteiger partial charge >= 0.3 is 0 Å². The summed E-state index contributed by atoms with van der Waals surface area (Å²) in [4.78, 5) is 22.0. The number of halogens is 1. The lowest BCUT2D eigenvalue weighted by atomic mass is 10.2. The smallest absolute Gasteiger partial charge is 0.262 e. The van der Waals surface area contributed by atoms with Gasteiger partial charge in [0.2, 0.25) is 11.7 Å². The van der Waals surface area contributed by atoms with Crippen LogP contribution >= 0.6 is 23.4 Å². The molecule has 0 N–H and O–H groups in total. The summed E-state index contributed by atoms with van der Waals surface area (Å²) in [7, 11) is 1.59. The summed E-state index contributed by atoms with van der Waals surface area (Å²) in [6.07, 6.45) is 0. The average Bonchev–Trinajstić information content (AvgIpc) is 3.21. The Labute approximate surface area is 175 Å². The van der Waals surface area contributed by atoms with Crippen molar-refractivity contribution in [1.29, 1.82) is 0 Å². The number of thioether (sulfide) groups is 1. The third-order valence-electron chi connectivity index (χ3n) is 4.23. The van der Waals surface area contributed by atoms with Gasteiger partial charge in [0, 0.05) is 17.7 Å². The zero-order valence-corrected chi connectivity index (χ0v) is 17.1. The minimum Gasteiger partial charge on any atom is -0.383 e. The minimum absolute atomic E-state index is 0.137. The van der Waals surface area contributed by atoms with Crippen molar-refractivity contribution in [3.8, 4) is 11.4 Å². The quantitative estimate of drug-likeness (QED) is 0.324. The summed E-state index contributed by atoms with van der Waals surface area (Å²) < 4.78 is 12.1. The van der Waals surface area contributed by atoms with Gasteiger partial charge in [-0.25, -0.2) is 4.98 Å². The number of benzene rings is 2. The van der Waals surface area contributed by atoms with E-state index in [4.69, 9.17) is 20.9 Å². The summed E-state index contributed by atoms with van der Waals surface area (Å²) in [6.45, 7) is 0.787. The Morgan fingerprint density at radius 3 is 2.79 bits per heavy atom. The average molecular weight is 429 g/mol. The molecule has 0 aliphatic rings. The van der Waals surface area contributed by atoms with Gasteiger partial charge in [0.25, 0.3) is 5.56 Å². The van der Waals surface area contributed by atoms with E-state index < -0.39 is 0 Å². The highest BCUT2D eigenvalue weighted by Crippen LogP contribution is 2.24. The highest BCUT2D eigenvalue weighted by Gasteiger charge is 2.15. The summed E-state index contributed by atoms with van der Waals surface area (Å²) in [5.41, 5.74) is 1.29. The number of fused-ring (bicyclic) bond motifs is 1. The molecule has 0 bridgehead atoms. The lowest BCUT2D eigenvalue weighted by Gasteiger charge is -2.12. The zero-order valence-electron chi connectivity index (χ0n) is 15.5. The molecule has 0 saturated carbocycles. The van der Waals surface area contributed by atoms with E-state index >= 15 is 0 Å². The summed E-state index contributed by atoms with van der Waals surface area (Å²) in [5, 5.41) is 5.61. The van der Waals surface area contributed by atoms with Crippen molar-refractivity contribution in [2.75, 3.05) is 13.7 Å². The van der Waals surface area contributed by atoms with Gasteiger partial charge in [-0.15, -0.1) is 0 Å². The van der Waals surface area contributed by atoms with Crippen LogP contribution in [0, 0.1) is 0 Å². The molecule has 2 aromatic carbocycles. The molecule has 0 aliphatic heterocycles. The first-order valence-corrected chi connectivity index (χ1v) is 10.2. The van der Waals surface area contributed by atoms with Gasteiger partial charge in [0.1, 0.15) is 0 Å². The van der Waals surface area contributed by atoms with Crippen molar-refractivity contribution in [2.45, 2.75) is 17.5 Å². The predicted molar refractivity (Wildman–Crippen MR) is 112 cm³/mol. The molecule has 148 valence electrons. The van der Waals surface area contributed by atoms with E-state index in [1.807, 2.05) is 30.3 Å². The SMILES string of the molecule is COCCn1c(SCc2nc(-c3ccccc3)no2)nc2cc(Cl)ccc2c1=O. The fourth-order valence-corrected chi connectivity index (χ4v) is 3.84. The first-order valence-electron chi connectivity index (χ1n) is 8.85. The molecule has 0 saturated heterocycles. The van der Waals surface area contributed by atoms with Crippen LogP contribution in [0.15, 0.2) is 63.0 Å². The molecule has 0 aliphatic carbocycles. The summed E-state index contributed by atoms with van der Waals surface area (Å²) in [5.74, 6) is 1.36. The maximum Gasteiger partial charge on any atom is 0.262 e. The zero-order chi connectivity index (χ0) is 20.2. The van der Waals surface area contributed by atoms with Gasteiger partial charge in [0.15, 0.2) is 5.16 Å². The van der Waals surface area contributed by atoms with E-state index in [1.54, 1.807) is 29.9 Å². The maximum absolute atomic E-state index is 12.9. The Kier molecular flexibility index (Phi) is 5.94. The van der Waals surface area contributed by atoms with E-state index in [1.165, 1.54) is 11.8 Å². The fourth-order valence-electron chi connectivity index (χ4n) is 2.81. The molecular formula is C20H17ClN4O3S. The Morgan fingerprint density at radius 1 is 1.17 bits per heavy atom. The summed E-state index contributed by atoms with van der Waals surface area (Å²) >= 11 is 7.42. The maximum atomic E-state index is 12.9. The number of hydrogen-bond acceptors (Lipinski definition) is 7. The number of rotatable bonds is 7. The number of aromatic nitrogens is 4. The Morgan fingerprint density at radius 2 is 2.00 bits per heavy atom. The number of nitrogens with zero attached hydrogens (tertiary/aromatic N) is 4. The fraction of sp³-hybridized carbons (Fsp3) is 0.200. The topological polar surface area (TPSA) is 83.0 Å². The van der Waals surface area contributed by atoms with Crippen LogP contribution in [0.25, 0.3) is 22.3 Å².